The first-order valence-electron chi connectivity index (χ1n) is 6.63. The third kappa shape index (κ3) is 2.20. The predicted molar refractivity (Wildman–Crippen MR) is 77.1 cm³/mol. The van der Waals surface area contributed by atoms with Crippen molar-refractivity contribution in [2.24, 2.45) is 0 Å². The maximum atomic E-state index is 12.2. The number of hydrogen-bond donors (Lipinski definition) is 0. The fraction of sp³-hybridized carbons (Fsp3) is 0.0625. The first kappa shape index (κ1) is 12.6. The maximum Gasteiger partial charge on any atom is 0.363 e. The Morgan fingerprint density at radius 3 is 2.77 bits per heavy atom. The molecule has 6 heteroatoms. The van der Waals surface area contributed by atoms with Crippen LogP contribution >= 0.6 is 0 Å². The second-order valence-corrected chi connectivity index (χ2v) is 4.65. The number of aromatic nitrogens is 2. The molecule has 2 aromatic carbocycles. The molecule has 0 spiro atoms. The molecule has 1 aliphatic rings. The van der Waals surface area contributed by atoms with E-state index in [2.05, 4.69) is 9.97 Å². The molecule has 1 aromatic heterocycles. The summed E-state index contributed by atoms with van der Waals surface area (Å²) in [6.07, 6.45) is 1.40. The number of carbonyl (C=O) groups is 1. The quantitative estimate of drug-likeness (QED) is 0.534. The average molecular weight is 294 g/mol. The number of nitrogens with zero attached hydrogens (tertiary/aromatic N) is 2. The van der Waals surface area contributed by atoms with Crippen LogP contribution in [0.5, 0.6) is 17.2 Å². The highest BCUT2D eigenvalue weighted by molar-refractivity contribution is 5.91. The summed E-state index contributed by atoms with van der Waals surface area (Å²) in [6, 6.07) is 12.3. The highest BCUT2D eigenvalue weighted by Crippen LogP contribution is 2.35. The van der Waals surface area contributed by atoms with Gasteiger partial charge in [-0.15, -0.1) is 0 Å². The minimum absolute atomic E-state index is 0.149. The number of ether oxygens (including phenoxy) is 3. The van der Waals surface area contributed by atoms with Crippen LogP contribution in [0.2, 0.25) is 0 Å². The molecule has 0 N–H and O–H groups in total. The lowest BCUT2D eigenvalue weighted by Crippen LogP contribution is -2.11. The summed E-state index contributed by atoms with van der Waals surface area (Å²) >= 11 is 0. The number of rotatable bonds is 2. The van der Waals surface area contributed by atoms with Gasteiger partial charge >= 0.3 is 5.97 Å². The standard InChI is InChI=1S/C16H10N2O4/c19-16(13-8-17-11-3-1-2-4-12(11)18-13)22-10-5-6-14-15(7-10)21-9-20-14/h1-8H,9H2. The van der Waals surface area contributed by atoms with Crippen molar-refractivity contribution in [3.05, 3.63) is 54.4 Å². The molecule has 2 heterocycles. The zero-order valence-corrected chi connectivity index (χ0v) is 11.4. The Labute approximate surface area is 125 Å². The molecule has 3 aromatic rings. The summed E-state index contributed by atoms with van der Waals surface area (Å²) in [7, 11) is 0. The van der Waals surface area contributed by atoms with Crippen LogP contribution in [0, 0.1) is 0 Å². The molecule has 0 amide bonds. The van der Waals surface area contributed by atoms with Crippen molar-refractivity contribution in [2.75, 3.05) is 6.79 Å². The fourth-order valence-corrected chi connectivity index (χ4v) is 2.16. The smallest absolute Gasteiger partial charge is 0.363 e. The van der Waals surface area contributed by atoms with Gasteiger partial charge in [-0.1, -0.05) is 12.1 Å². The molecule has 108 valence electrons. The van der Waals surface area contributed by atoms with E-state index in [4.69, 9.17) is 14.2 Å². The Morgan fingerprint density at radius 2 is 1.86 bits per heavy atom. The van der Waals surface area contributed by atoms with Crippen LogP contribution in [0.15, 0.2) is 48.7 Å². The zero-order chi connectivity index (χ0) is 14.9. The fourth-order valence-electron chi connectivity index (χ4n) is 2.16. The van der Waals surface area contributed by atoms with E-state index in [9.17, 15) is 4.79 Å². The Morgan fingerprint density at radius 1 is 1.05 bits per heavy atom. The lowest BCUT2D eigenvalue weighted by molar-refractivity contribution is 0.0728. The van der Waals surface area contributed by atoms with Crippen molar-refractivity contribution in [2.45, 2.75) is 0 Å². The van der Waals surface area contributed by atoms with Crippen LogP contribution in [0.4, 0.5) is 0 Å². The minimum atomic E-state index is -0.572. The van der Waals surface area contributed by atoms with E-state index in [0.717, 1.165) is 5.52 Å². The molecule has 0 bridgehead atoms. The monoisotopic (exact) mass is 294 g/mol. The van der Waals surface area contributed by atoms with Gasteiger partial charge in [-0.05, 0) is 24.3 Å². The van der Waals surface area contributed by atoms with E-state index >= 15 is 0 Å². The molecule has 0 fully saturated rings. The molecule has 0 unspecified atom stereocenters. The third-order valence-corrected chi connectivity index (χ3v) is 3.21. The highest BCUT2D eigenvalue weighted by Gasteiger charge is 2.17. The lowest BCUT2D eigenvalue weighted by atomic mass is 10.3. The van der Waals surface area contributed by atoms with Gasteiger partial charge in [0.1, 0.15) is 5.75 Å². The van der Waals surface area contributed by atoms with Crippen molar-refractivity contribution in [1.29, 1.82) is 0 Å². The largest absolute Gasteiger partial charge is 0.454 e. The van der Waals surface area contributed by atoms with Crippen molar-refractivity contribution in [3.8, 4) is 17.2 Å². The summed E-state index contributed by atoms with van der Waals surface area (Å²) in [5, 5.41) is 0. The van der Waals surface area contributed by atoms with E-state index in [-0.39, 0.29) is 12.5 Å². The molecule has 0 saturated carbocycles. The number of para-hydroxylation sites is 2. The number of benzene rings is 2. The van der Waals surface area contributed by atoms with Gasteiger partial charge in [0.15, 0.2) is 17.2 Å². The van der Waals surface area contributed by atoms with Gasteiger partial charge in [-0.25, -0.2) is 9.78 Å². The van der Waals surface area contributed by atoms with Crippen molar-refractivity contribution in [3.63, 3.8) is 0 Å². The van der Waals surface area contributed by atoms with Crippen molar-refractivity contribution >= 4 is 17.0 Å². The van der Waals surface area contributed by atoms with Gasteiger partial charge in [0.2, 0.25) is 6.79 Å². The Bertz CT molecular complexity index is 879. The number of carbonyl (C=O) groups excluding carboxylic acids is 1. The van der Waals surface area contributed by atoms with E-state index in [1.165, 1.54) is 6.20 Å². The minimum Gasteiger partial charge on any atom is -0.454 e. The van der Waals surface area contributed by atoms with Gasteiger partial charge in [0, 0.05) is 6.07 Å². The van der Waals surface area contributed by atoms with E-state index < -0.39 is 5.97 Å². The topological polar surface area (TPSA) is 70.5 Å². The Kier molecular flexibility index (Phi) is 2.86. The third-order valence-electron chi connectivity index (χ3n) is 3.21. The molecule has 0 radical (unpaired) electrons. The van der Waals surface area contributed by atoms with Gasteiger partial charge in [-0.2, -0.15) is 0 Å². The van der Waals surface area contributed by atoms with Gasteiger partial charge in [0.05, 0.1) is 17.2 Å². The maximum absolute atomic E-state index is 12.2. The normalized spacial score (nSPS) is 12.4. The van der Waals surface area contributed by atoms with Crippen LogP contribution in [0.1, 0.15) is 10.5 Å². The van der Waals surface area contributed by atoms with Gasteiger partial charge < -0.3 is 14.2 Å². The van der Waals surface area contributed by atoms with Crippen LogP contribution < -0.4 is 14.2 Å². The van der Waals surface area contributed by atoms with Crippen molar-refractivity contribution in [1.82, 2.24) is 9.97 Å². The van der Waals surface area contributed by atoms with Gasteiger partial charge in [-0.3, -0.25) is 4.98 Å². The molecule has 22 heavy (non-hydrogen) atoms. The molecule has 0 atom stereocenters. The average Bonchev–Trinajstić information content (AvgIpc) is 3.02. The van der Waals surface area contributed by atoms with Crippen LogP contribution in [0.3, 0.4) is 0 Å². The first-order valence-corrected chi connectivity index (χ1v) is 6.63. The Balaban J connectivity index is 1.60. The number of hydrogen-bond acceptors (Lipinski definition) is 6. The molecule has 0 aliphatic carbocycles. The number of esters is 1. The molecule has 1 aliphatic heterocycles. The van der Waals surface area contributed by atoms with Crippen LogP contribution in [-0.4, -0.2) is 22.7 Å². The van der Waals surface area contributed by atoms with Crippen molar-refractivity contribution < 1.29 is 19.0 Å². The second kappa shape index (κ2) is 5.00. The highest BCUT2D eigenvalue weighted by atomic mass is 16.7. The Hall–Kier alpha value is -3.15. The van der Waals surface area contributed by atoms with Gasteiger partial charge in [0.25, 0.3) is 0 Å². The summed E-state index contributed by atoms with van der Waals surface area (Å²) in [5.74, 6) is 0.974. The van der Waals surface area contributed by atoms with Crippen LogP contribution in [0.25, 0.3) is 11.0 Å². The summed E-state index contributed by atoms with van der Waals surface area (Å²) in [5.41, 5.74) is 1.51. The summed E-state index contributed by atoms with van der Waals surface area (Å²) in [6.45, 7) is 0.170. The molecule has 4 rings (SSSR count). The zero-order valence-electron chi connectivity index (χ0n) is 11.4. The molecular weight excluding hydrogens is 284 g/mol. The molecule has 6 nitrogen and oxygen atoms in total. The number of fused-ring (bicyclic) bond motifs is 2. The van der Waals surface area contributed by atoms with E-state index in [1.54, 1.807) is 24.3 Å². The molecule has 0 saturated heterocycles. The molecular formula is C16H10N2O4. The SMILES string of the molecule is O=C(Oc1ccc2c(c1)OCO2)c1cnc2ccccc2n1. The predicted octanol–water partition coefficient (Wildman–Crippen LogP) is 2.58. The van der Waals surface area contributed by atoms with E-state index in [0.29, 0.717) is 22.8 Å². The first-order chi connectivity index (χ1) is 10.8. The van der Waals surface area contributed by atoms with E-state index in [1.807, 2.05) is 18.2 Å². The second-order valence-electron chi connectivity index (χ2n) is 4.65. The lowest BCUT2D eigenvalue weighted by Gasteiger charge is -2.05. The summed E-state index contributed by atoms with van der Waals surface area (Å²) < 4.78 is 15.7. The van der Waals surface area contributed by atoms with Crippen LogP contribution in [-0.2, 0) is 0 Å². The summed E-state index contributed by atoms with van der Waals surface area (Å²) in [4.78, 5) is 20.6.